The fourth-order valence-electron chi connectivity index (χ4n) is 2.73. The van der Waals surface area contributed by atoms with Gasteiger partial charge in [0.15, 0.2) is 0 Å². The van der Waals surface area contributed by atoms with E-state index in [1.54, 1.807) is 23.7 Å². The number of anilines is 1. The predicted octanol–water partition coefficient (Wildman–Crippen LogP) is 8.61. The van der Waals surface area contributed by atoms with Crippen LogP contribution in [0, 0.1) is 6.92 Å². The van der Waals surface area contributed by atoms with Gasteiger partial charge in [-0.25, -0.2) is 0 Å². The summed E-state index contributed by atoms with van der Waals surface area (Å²) in [4.78, 5) is 7.16. The van der Waals surface area contributed by atoms with Crippen LogP contribution in [0.25, 0.3) is 6.08 Å². The quantitative estimate of drug-likeness (QED) is 0.249. The molecule has 0 saturated carbocycles. The van der Waals surface area contributed by atoms with Crippen molar-refractivity contribution < 1.29 is 0 Å². The molecule has 0 N–H and O–H groups in total. The largest absolute Gasteiger partial charge is 0.315 e. The van der Waals surface area contributed by atoms with Crippen molar-refractivity contribution in [3.8, 4) is 0 Å². The van der Waals surface area contributed by atoms with Crippen LogP contribution in [0.3, 0.4) is 0 Å². The van der Waals surface area contributed by atoms with Gasteiger partial charge >= 0.3 is 0 Å². The number of hydrogen-bond donors (Lipinski definition) is 0. The van der Waals surface area contributed by atoms with Crippen LogP contribution in [0.4, 0.5) is 5.69 Å². The summed E-state index contributed by atoms with van der Waals surface area (Å²) in [5.41, 5.74) is 5.00. The Morgan fingerprint density at radius 3 is 2.38 bits per heavy atom. The molecule has 1 aromatic carbocycles. The lowest BCUT2D eigenvalue weighted by Gasteiger charge is -2.21. The van der Waals surface area contributed by atoms with Crippen LogP contribution in [0.5, 0.6) is 0 Å². The molecule has 0 amide bonds. The fraction of sp³-hybridized carbons (Fsp3) is 0.458. The Bertz CT molecular complexity index is 776. The minimum Gasteiger partial charge on any atom is -0.315 e. The zero-order valence-corrected chi connectivity index (χ0v) is 22.2. The van der Waals surface area contributed by atoms with Gasteiger partial charge in [0.25, 0.3) is 0 Å². The average Bonchev–Trinajstić information content (AvgIpc) is 3.20. The maximum absolute atomic E-state index is 4.36. The van der Waals surface area contributed by atoms with E-state index in [0.29, 0.717) is 0 Å². The zero-order valence-electron chi connectivity index (χ0n) is 19.8. The molecule has 1 aromatic heterocycles. The molecular formula is C24H38N2S3. The van der Waals surface area contributed by atoms with Crippen LogP contribution in [-0.4, -0.2) is 25.4 Å². The van der Waals surface area contributed by atoms with Gasteiger partial charge in [-0.2, -0.15) is 0 Å². The lowest BCUT2D eigenvalue weighted by molar-refractivity contribution is 1.13. The number of thioether (sulfide) groups is 1. The molecular weight excluding hydrogens is 412 g/mol. The van der Waals surface area contributed by atoms with E-state index in [0.717, 1.165) is 11.5 Å². The van der Waals surface area contributed by atoms with Crippen molar-refractivity contribution in [1.82, 2.24) is 0 Å². The second kappa shape index (κ2) is 15.6. The molecule has 0 aliphatic carbocycles. The summed E-state index contributed by atoms with van der Waals surface area (Å²) in [6.07, 6.45) is 5.39. The Kier molecular flexibility index (Phi) is 15.0. The van der Waals surface area contributed by atoms with Gasteiger partial charge in [0.05, 0.1) is 10.7 Å². The Morgan fingerprint density at radius 2 is 1.83 bits per heavy atom. The molecule has 0 spiro atoms. The number of benzene rings is 1. The summed E-state index contributed by atoms with van der Waals surface area (Å²) >= 11 is 5.33. The molecule has 0 saturated heterocycles. The maximum atomic E-state index is 4.36. The number of hydrogen-bond acceptors (Lipinski definition) is 5. The van der Waals surface area contributed by atoms with Gasteiger partial charge in [0.1, 0.15) is 0 Å². The summed E-state index contributed by atoms with van der Waals surface area (Å²) < 4.78 is 2.27. The van der Waals surface area contributed by atoms with Crippen molar-refractivity contribution in [3.05, 3.63) is 51.2 Å². The number of aliphatic imine (C=N–C) groups is 1. The van der Waals surface area contributed by atoms with Crippen molar-refractivity contribution in [1.29, 1.82) is 0 Å². The van der Waals surface area contributed by atoms with E-state index in [9.17, 15) is 0 Å². The predicted molar refractivity (Wildman–Crippen MR) is 142 cm³/mol. The Balaban J connectivity index is 0.00000184. The molecule has 5 heteroatoms. The third kappa shape index (κ3) is 8.23. The molecule has 162 valence electrons. The van der Waals surface area contributed by atoms with E-state index in [1.165, 1.54) is 32.2 Å². The van der Waals surface area contributed by atoms with Gasteiger partial charge in [0, 0.05) is 23.9 Å². The highest BCUT2D eigenvalue weighted by Gasteiger charge is 2.12. The highest BCUT2D eigenvalue weighted by atomic mass is 32.2. The fourth-order valence-corrected chi connectivity index (χ4v) is 5.32. The molecule has 0 radical (unpaired) electrons. The average molecular weight is 451 g/mol. The third-order valence-electron chi connectivity index (χ3n) is 4.05. The van der Waals surface area contributed by atoms with Crippen LogP contribution < -0.4 is 4.31 Å². The van der Waals surface area contributed by atoms with Crippen LogP contribution in [0.1, 0.15) is 57.5 Å². The highest BCUT2D eigenvalue weighted by molar-refractivity contribution is 8.13. The van der Waals surface area contributed by atoms with Crippen LogP contribution in [0.2, 0.25) is 0 Å². The lowest BCUT2D eigenvalue weighted by Crippen LogP contribution is -2.08. The molecule has 0 fully saturated rings. The van der Waals surface area contributed by atoms with Gasteiger partial charge in [-0.3, -0.25) is 4.99 Å². The minimum atomic E-state index is 1.08. The SMILES string of the molecule is CC.CC.CCc1sccc1SN(C)c1cccc(/C=C(\C)C(=NC)SC)c1C. The zero-order chi connectivity index (χ0) is 22.4. The van der Waals surface area contributed by atoms with Crippen molar-refractivity contribution >= 4 is 51.9 Å². The first-order valence-electron chi connectivity index (χ1n) is 10.3. The highest BCUT2D eigenvalue weighted by Crippen LogP contribution is 2.35. The molecule has 0 unspecified atom stereocenters. The first kappa shape index (κ1) is 27.8. The summed E-state index contributed by atoms with van der Waals surface area (Å²) in [5, 5.41) is 3.26. The van der Waals surface area contributed by atoms with Crippen molar-refractivity contribution in [3.63, 3.8) is 0 Å². The van der Waals surface area contributed by atoms with E-state index in [2.05, 4.69) is 79.1 Å². The van der Waals surface area contributed by atoms with Gasteiger partial charge in [-0.15, -0.1) is 23.1 Å². The van der Waals surface area contributed by atoms with Gasteiger partial charge in [-0.1, -0.05) is 46.8 Å². The Labute approximate surface area is 192 Å². The molecule has 29 heavy (non-hydrogen) atoms. The van der Waals surface area contributed by atoms with E-state index >= 15 is 0 Å². The van der Waals surface area contributed by atoms with E-state index in [-0.39, 0.29) is 0 Å². The van der Waals surface area contributed by atoms with Crippen molar-refractivity contribution in [2.75, 3.05) is 24.7 Å². The van der Waals surface area contributed by atoms with Gasteiger partial charge in [0.2, 0.25) is 0 Å². The number of nitrogens with zero attached hydrogens (tertiary/aromatic N) is 2. The summed E-state index contributed by atoms with van der Waals surface area (Å²) in [6, 6.07) is 8.72. The third-order valence-corrected chi connectivity index (χ3v) is 7.19. The molecule has 2 nitrogen and oxygen atoms in total. The first-order valence-corrected chi connectivity index (χ1v) is 13.2. The second-order valence-electron chi connectivity index (χ2n) is 5.70. The molecule has 0 bridgehead atoms. The normalized spacial score (nSPS) is 11.2. The number of aryl methyl sites for hydroxylation is 1. The summed E-state index contributed by atoms with van der Waals surface area (Å²) in [7, 11) is 3.99. The van der Waals surface area contributed by atoms with Gasteiger partial charge in [-0.05, 0) is 78.8 Å². The topological polar surface area (TPSA) is 15.6 Å². The van der Waals surface area contributed by atoms with Crippen LogP contribution >= 0.6 is 35.0 Å². The summed E-state index contributed by atoms with van der Waals surface area (Å²) in [6.45, 7) is 14.5. The Hall–Kier alpha value is -1.17. The molecule has 2 rings (SSSR count). The minimum absolute atomic E-state index is 1.08. The molecule has 2 aromatic rings. The van der Waals surface area contributed by atoms with Crippen molar-refractivity contribution in [2.45, 2.75) is 59.8 Å². The maximum Gasteiger partial charge on any atom is 0.0927 e. The van der Waals surface area contributed by atoms with E-state index < -0.39 is 0 Å². The van der Waals surface area contributed by atoms with E-state index in [4.69, 9.17) is 0 Å². The smallest absolute Gasteiger partial charge is 0.0927 e. The molecule has 0 aliphatic rings. The molecule has 0 atom stereocenters. The first-order chi connectivity index (χ1) is 14.0. The molecule has 1 heterocycles. The molecule has 0 aliphatic heterocycles. The lowest BCUT2D eigenvalue weighted by atomic mass is 10.0. The van der Waals surface area contributed by atoms with Crippen LogP contribution in [-0.2, 0) is 6.42 Å². The number of rotatable bonds is 6. The monoisotopic (exact) mass is 450 g/mol. The van der Waals surface area contributed by atoms with E-state index in [1.807, 2.05) is 46.1 Å². The standard InChI is InChI=1S/C20H26N2S3.2C2H6/c1-7-18-19(11-12-24-18)25-22(5)17-10-8-9-16(15(17)3)13-14(2)20(21-4)23-6;2*1-2/h8-13H,7H2,1-6H3;2*1-2H3/b14-13+,21-20?;;. The Morgan fingerprint density at radius 1 is 1.17 bits per heavy atom. The summed E-state index contributed by atoms with van der Waals surface area (Å²) in [5.74, 6) is 0. The van der Waals surface area contributed by atoms with Gasteiger partial charge < -0.3 is 4.31 Å². The second-order valence-corrected chi connectivity index (χ2v) is 8.67. The van der Waals surface area contributed by atoms with Crippen LogP contribution in [0.15, 0.2) is 45.1 Å². The van der Waals surface area contributed by atoms with Crippen molar-refractivity contribution in [2.24, 2.45) is 4.99 Å². The number of thiophene rings is 1.